The van der Waals surface area contributed by atoms with Gasteiger partial charge in [-0.05, 0) is 6.92 Å². The predicted octanol–water partition coefficient (Wildman–Crippen LogP) is -0.988. The summed E-state index contributed by atoms with van der Waals surface area (Å²) in [4.78, 5) is 0. The van der Waals surface area contributed by atoms with Crippen molar-refractivity contribution in [1.29, 1.82) is 0 Å². The Hall–Kier alpha value is -0.740. The van der Waals surface area contributed by atoms with Crippen molar-refractivity contribution in [2.24, 2.45) is 0 Å². The Kier molecular flexibility index (Phi) is 6.87. The lowest BCUT2D eigenvalue weighted by Crippen LogP contribution is -2.19. The highest BCUT2D eigenvalue weighted by molar-refractivity contribution is 4.93. The normalized spacial score (nSPS) is 11.4. The van der Waals surface area contributed by atoms with Crippen molar-refractivity contribution in [2.45, 2.75) is 6.92 Å². The van der Waals surface area contributed by atoms with Gasteiger partial charge in [-0.1, -0.05) is 0 Å². The SMILES string of the molecule is C/C(=C/NCCO)NCCO. The Morgan fingerprint density at radius 1 is 1.27 bits per heavy atom. The summed E-state index contributed by atoms with van der Waals surface area (Å²) in [5.74, 6) is 0. The van der Waals surface area contributed by atoms with Gasteiger partial charge in [-0.25, -0.2) is 0 Å². The van der Waals surface area contributed by atoms with Gasteiger partial charge in [0.05, 0.1) is 13.2 Å². The van der Waals surface area contributed by atoms with E-state index in [0.29, 0.717) is 13.1 Å². The van der Waals surface area contributed by atoms with Gasteiger partial charge < -0.3 is 20.8 Å². The molecule has 0 amide bonds. The van der Waals surface area contributed by atoms with Crippen LogP contribution >= 0.6 is 0 Å². The Bertz CT molecular complexity index is 115. The molecule has 0 aromatic rings. The van der Waals surface area contributed by atoms with Crippen LogP contribution in [-0.2, 0) is 0 Å². The van der Waals surface area contributed by atoms with Crippen molar-refractivity contribution in [1.82, 2.24) is 10.6 Å². The molecule has 0 aromatic carbocycles. The first-order chi connectivity index (χ1) is 5.31. The fourth-order valence-electron chi connectivity index (χ4n) is 0.594. The quantitative estimate of drug-likeness (QED) is 0.377. The third-order valence-electron chi connectivity index (χ3n) is 1.09. The number of aliphatic hydroxyl groups is 2. The van der Waals surface area contributed by atoms with Gasteiger partial charge in [-0.2, -0.15) is 0 Å². The molecule has 0 saturated heterocycles. The zero-order valence-corrected chi connectivity index (χ0v) is 6.80. The van der Waals surface area contributed by atoms with Gasteiger partial charge in [0.2, 0.25) is 0 Å². The molecule has 4 nitrogen and oxygen atoms in total. The maximum atomic E-state index is 8.44. The Labute approximate surface area is 66.9 Å². The first kappa shape index (κ1) is 10.3. The van der Waals surface area contributed by atoms with E-state index >= 15 is 0 Å². The number of allylic oxidation sites excluding steroid dienone is 1. The van der Waals surface area contributed by atoms with Crippen molar-refractivity contribution in [3.63, 3.8) is 0 Å². The van der Waals surface area contributed by atoms with Crippen molar-refractivity contribution in [3.8, 4) is 0 Å². The number of hydrogen-bond acceptors (Lipinski definition) is 4. The number of aliphatic hydroxyl groups excluding tert-OH is 2. The second-order valence-electron chi connectivity index (χ2n) is 2.16. The Balaban J connectivity index is 3.30. The molecule has 66 valence electrons. The molecule has 0 heterocycles. The van der Waals surface area contributed by atoms with Crippen LogP contribution in [0.3, 0.4) is 0 Å². The van der Waals surface area contributed by atoms with Crippen molar-refractivity contribution >= 4 is 0 Å². The summed E-state index contributed by atoms with van der Waals surface area (Å²) in [6.07, 6.45) is 1.77. The van der Waals surface area contributed by atoms with Crippen LogP contribution in [0.5, 0.6) is 0 Å². The molecule has 4 N–H and O–H groups in total. The van der Waals surface area contributed by atoms with Crippen LogP contribution in [0.4, 0.5) is 0 Å². The molecular formula is C7H16N2O2. The molecule has 4 heteroatoms. The third-order valence-corrected chi connectivity index (χ3v) is 1.09. The average molecular weight is 160 g/mol. The maximum Gasteiger partial charge on any atom is 0.0604 e. The lowest BCUT2D eigenvalue weighted by molar-refractivity contribution is 0.295. The molecule has 0 aliphatic heterocycles. The standard InChI is InChI=1S/C7H16N2O2/c1-7(9-3-5-11)6-8-2-4-10/h6,8-11H,2-5H2,1H3/b7-6-. The van der Waals surface area contributed by atoms with Gasteiger partial charge in [0.25, 0.3) is 0 Å². The molecule has 0 bridgehead atoms. The smallest absolute Gasteiger partial charge is 0.0604 e. The van der Waals surface area contributed by atoms with Crippen LogP contribution in [0.2, 0.25) is 0 Å². The first-order valence-electron chi connectivity index (χ1n) is 3.67. The monoisotopic (exact) mass is 160 g/mol. The lowest BCUT2D eigenvalue weighted by atomic mass is 10.5. The summed E-state index contributed by atoms with van der Waals surface area (Å²) in [7, 11) is 0. The second-order valence-corrected chi connectivity index (χ2v) is 2.16. The molecule has 0 rings (SSSR count). The molecule has 0 aliphatic carbocycles. The molecule has 0 radical (unpaired) electrons. The average Bonchev–Trinajstić information content (AvgIpc) is 2.01. The van der Waals surface area contributed by atoms with E-state index in [4.69, 9.17) is 10.2 Å². The van der Waals surface area contributed by atoms with E-state index in [-0.39, 0.29) is 13.2 Å². The van der Waals surface area contributed by atoms with Gasteiger partial charge in [0.1, 0.15) is 0 Å². The van der Waals surface area contributed by atoms with Crippen LogP contribution < -0.4 is 10.6 Å². The minimum absolute atomic E-state index is 0.129. The minimum Gasteiger partial charge on any atom is -0.395 e. The van der Waals surface area contributed by atoms with Gasteiger partial charge in [0.15, 0.2) is 0 Å². The van der Waals surface area contributed by atoms with Crippen LogP contribution in [0.15, 0.2) is 11.9 Å². The van der Waals surface area contributed by atoms with E-state index in [1.54, 1.807) is 6.20 Å². The van der Waals surface area contributed by atoms with Gasteiger partial charge in [-0.15, -0.1) is 0 Å². The summed E-state index contributed by atoms with van der Waals surface area (Å²) in [6, 6.07) is 0. The first-order valence-corrected chi connectivity index (χ1v) is 3.67. The fraction of sp³-hybridized carbons (Fsp3) is 0.714. The van der Waals surface area contributed by atoms with Crippen molar-refractivity contribution in [3.05, 3.63) is 11.9 Å². The minimum atomic E-state index is 0.129. The van der Waals surface area contributed by atoms with Crippen LogP contribution in [0.25, 0.3) is 0 Å². The molecule has 0 unspecified atom stereocenters. The van der Waals surface area contributed by atoms with E-state index in [1.165, 1.54) is 0 Å². The van der Waals surface area contributed by atoms with Crippen LogP contribution in [0, 0.1) is 0 Å². The molecule has 0 fully saturated rings. The summed E-state index contributed by atoms with van der Waals surface area (Å²) in [6.45, 7) is 3.26. The molecular weight excluding hydrogens is 144 g/mol. The number of hydrogen-bond donors (Lipinski definition) is 4. The lowest BCUT2D eigenvalue weighted by Gasteiger charge is -2.04. The van der Waals surface area contributed by atoms with E-state index in [9.17, 15) is 0 Å². The largest absolute Gasteiger partial charge is 0.395 e. The third kappa shape index (κ3) is 7.15. The van der Waals surface area contributed by atoms with E-state index in [2.05, 4.69) is 10.6 Å². The van der Waals surface area contributed by atoms with Gasteiger partial charge in [0, 0.05) is 25.0 Å². The molecule has 0 saturated carbocycles. The van der Waals surface area contributed by atoms with E-state index < -0.39 is 0 Å². The number of nitrogens with one attached hydrogen (secondary N) is 2. The van der Waals surface area contributed by atoms with Gasteiger partial charge in [-0.3, -0.25) is 0 Å². The van der Waals surface area contributed by atoms with Gasteiger partial charge >= 0.3 is 0 Å². The molecule has 0 aliphatic rings. The summed E-state index contributed by atoms with van der Waals surface area (Å²) >= 11 is 0. The number of rotatable bonds is 6. The maximum absolute atomic E-state index is 8.44. The van der Waals surface area contributed by atoms with Crippen molar-refractivity contribution < 1.29 is 10.2 Å². The summed E-state index contributed by atoms with van der Waals surface area (Å²) in [5.41, 5.74) is 0.951. The Morgan fingerprint density at radius 3 is 2.45 bits per heavy atom. The van der Waals surface area contributed by atoms with E-state index in [1.807, 2.05) is 6.92 Å². The second kappa shape index (κ2) is 7.37. The molecule has 0 spiro atoms. The Morgan fingerprint density at radius 2 is 1.91 bits per heavy atom. The van der Waals surface area contributed by atoms with Crippen LogP contribution in [0.1, 0.15) is 6.92 Å². The highest BCUT2D eigenvalue weighted by Crippen LogP contribution is 1.80. The predicted molar refractivity (Wildman–Crippen MR) is 43.9 cm³/mol. The summed E-state index contributed by atoms with van der Waals surface area (Å²) < 4.78 is 0. The highest BCUT2D eigenvalue weighted by atomic mass is 16.3. The topological polar surface area (TPSA) is 64.5 Å². The summed E-state index contributed by atoms with van der Waals surface area (Å²) in [5, 5.41) is 22.7. The highest BCUT2D eigenvalue weighted by Gasteiger charge is 1.84. The zero-order chi connectivity index (χ0) is 8.53. The van der Waals surface area contributed by atoms with Crippen molar-refractivity contribution in [2.75, 3.05) is 26.3 Å². The zero-order valence-electron chi connectivity index (χ0n) is 6.80. The van der Waals surface area contributed by atoms with E-state index in [0.717, 1.165) is 5.70 Å². The molecule has 0 atom stereocenters. The molecule has 11 heavy (non-hydrogen) atoms. The fourth-order valence-corrected chi connectivity index (χ4v) is 0.594. The van der Waals surface area contributed by atoms with Crippen LogP contribution in [-0.4, -0.2) is 36.5 Å². The molecule has 0 aromatic heterocycles.